The van der Waals surface area contributed by atoms with E-state index in [0.717, 1.165) is 5.56 Å². The second-order valence-electron chi connectivity index (χ2n) is 5.55. The number of benzene rings is 2. The minimum absolute atomic E-state index is 0.442. The van der Waals surface area contributed by atoms with E-state index in [1.165, 1.54) is 27.8 Å². The van der Waals surface area contributed by atoms with Crippen LogP contribution >= 0.6 is 0 Å². The highest BCUT2D eigenvalue weighted by Gasteiger charge is 2.27. The summed E-state index contributed by atoms with van der Waals surface area (Å²) in [4.78, 5) is 4.23. The van der Waals surface area contributed by atoms with Gasteiger partial charge in [-0.05, 0) is 39.9 Å². The minimum Gasteiger partial charge on any atom is -0.384 e. The third-order valence-corrected chi connectivity index (χ3v) is 4.36. The summed E-state index contributed by atoms with van der Waals surface area (Å²) in [5.41, 5.74) is 13.5. The van der Waals surface area contributed by atoms with Gasteiger partial charge in [0, 0.05) is 17.7 Å². The van der Waals surface area contributed by atoms with E-state index in [-0.39, 0.29) is 0 Å². The number of fused-ring (bicyclic) bond motifs is 3. The molecule has 1 aromatic heterocycles. The minimum atomic E-state index is 0.442. The SMILES string of the molecule is CC1c2ccccc2-c2c(-c3ccc(N)nc3)cccc21. The molecule has 102 valence electrons. The lowest BCUT2D eigenvalue weighted by molar-refractivity contribution is 0.957. The Balaban J connectivity index is 2.00. The first-order valence-corrected chi connectivity index (χ1v) is 7.20. The van der Waals surface area contributed by atoms with E-state index in [9.17, 15) is 0 Å². The molecular weight excluding hydrogens is 256 g/mol. The highest BCUT2D eigenvalue weighted by molar-refractivity contribution is 5.91. The summed E-state index contributed by atoms with van der Waals surface area (Å²) in [5, 5.41) is 0. The fourth-order valence-corrected chi connectivity index (χ4v) is 3.31. The third-order valence-electron chi connectivity index (χ3n) is 4.36. The molecule has 4 rings (SSSR count). The van der Waals surface area contributed by atoms with Crippen LogP contribution < -0.4 is 5.73 Å². The first-order chi connectivity index (χ1) is 10.3. The van der Waals surface area contributed by atoms with Crippen LogP contribution in [-0.4, -0.2) is 4.98 Å². The third kappa shape index (κ3) is 1.76. The molecule has 3 aromatic rings. The van der Waals surface area contributed by atoms with Crippen LogP contribution in [0.15, 0.2) is 60.8 Å². The molecule has 1 unspecified atom stereocenters. The normalized spacial score (nSPS) is 15.6. The monoisotopic (exact) mass is 272 g/mol. The fraction of sp³-hybridized carbons (Fsp3) is 0.105. The average molecular weight is 272 g/mol. The van der Waals surface area contributed by atoms with Gasteiger partial charge in [-0.3, -0.25) is 0 Å². The van der Waals surface area contributed by atoms with Gasteiger partial charge in [0.05, 0.1) is 0 Å². The number of hydrogen-bond donors (Lipinski definition) is 1. The van der Waals surface area contributed by atoms with Gasteiger partial charge in [-0.25, -0.2) is 4.98 Å². The molecule has 0 aliphatic heterocycles. The first-order valence-electron chi connectivity index (χ1n) is 7.20. The number of anilines is 1. The lowest BCUT2D eigenvalue weighted by Gasteiger charge is -2.10. The number of rotatable bonds is 1. The zero-order chi connectivity index (χ0) is 14.4. The van der Waals surface area contributed by atoms with E-state index in [1.807, 2.05) is 18.3 Å². The smallest absolute Gasteiger partial charge is 0.123 e. The second kappa shape index (κ2) is 4.45. The highest BCUT2D eigenvalue weighted by Crippen LogP contribution is 2.48. The van der Waals surface area contributed by atoms with Crippen molar-refractivity contribution >= 4 is 5.82 Å². The van der Waals surface area contributed by atoms with Crippen LogP contribution in [0.2, 0.25) is 0 Å². The van der Waals surface area contributed by atoms with Gasteiger partial charge in [0.15, 0.2) is 0 Å². The molecular formula is C19H16N2. The number of nitrogens with zero attached hydrogens (tertiary/aromatic N) is 1. The molecule has 0 saturated heterocycles. The number of nitrogen functional groups attached to an aromatic ring is 1. The van der Waals surface area contributed by atoms with Gasteiger partial charge in [-0.1, -0.05) is 49.4 Å². The quantitative estimate of drug-likeness (QED) is 0.710. The second-order valence-corrected chi connectivity index (χ2v) is 5.55. The predicted octanol–water partition coefficient (Wildman–Crippen LogP) is 4.46. The van der Waals surface area contributed by atoms with Crippen LogP contribution in [0.5, 0.6) is 0 Å². The molecule has 2 nitrogen and oxygen atoms in total. The Morgan fingerprint density at radius 1 is 0.857 bits per heavy atom. The molecule has 1 atom stereocenters. The summed E-state index contributed by atoms with van der Waals surface area (Å²) in [6, 6.07) is 19.1. The Kier molecular flexibility index (Phi) is 2.58. The van der Waals surface area contributed by atoms with Crippen molar-refractivity contribution in [2.24, 2.45) is 0 Å². The summed E-state index contributed by atoms with van der Waals surface area (Å²) in [5.74, 6) is 0.998. The van der Waals surface area contributed by atoms with E-state index in [0.29, 0.717) is 11.7 Å². The van der Waals surface area contributed by atoms with Crippen molar-refractivity contribution in [2.45, 2.75) is 12.8 Å². The van der Waals surface area contributed by atoms with E-state index >= 15 is 0 Å². The molecule has 0 amide bonds. The highest BCUT2D eigenvalue weighted by atomic mass is 14.8. The molecule has 0 saturated carbocycles. The van der Waals surface area contributed by atoms with Crippen LogP contribution in [0.1, 0.15) is 24.0 Å². The molecule has 2 N–H and O–H groups in total. The molecule has 2 heteroatoms. The van der Waals surface area contributed by atoms with Crippen molar-refractivity contribution in [3.05, 3.63) is 71.9 Å². The maximum atomic E-state index is 5.71. The molecule has 1 heterocycles. The van der Waals surface area contributed by atoms with Crippen LogP contribution in [0, 0.1) is 0 Å². The Hall–Kier alpha value is -2.61. The van der Waals surface area contributed by atoms with E-state index < -0.39 is 0 Å². The van der Waals surface area contributed by atoms with Crippen LogP contribution in [0.25, 0.3) is 22.3 Å². The Morgan fingerprint density at radius 3 is 2.43 bits per heavy atom. The maximum Gasteiger partial charge on any atom is 0.123 e. The Bertz CT molecular complexity index is 819. The number of hydrogen-bond acceptors (Lipinski definition) is 2. The molecule has 1 aliphatic carbocycles. The maximum absolute atomic E-state index is 5.71. The van der Waals surface area contributed by atoms with Gasteiger partial charge in [0.25, 0.3) is 0 Å². The van der Waals surface area contributed by atoms with Crippen molar-refractivity contribution < 1.29 is 0 Å². The molecule has 1 aliphatic rings. The molecule has 21 heavy (non-hydrogen) atoms. The fourth-order valence-electron chi connectivity index (χ4n) is 3.31. The van der Waals surface area contributed by atoms with Crippen LogP contribution in [0.4, 0.5) is 5.82 Å². The number of nitrogens with two attached hydrogens (primary N) is 1. The van der Waals surface area contributed by atoms with Gasteiger partial charge >= 0.3 is 0 Å². The van der Waals surface area contributed by atoms with Crippen LogP contribution in [-0.2, 0) is 0 Å². The van der Waals surface area contributed by atoms with Gasteiger partial charge < -0.3 is 5.73 Å². The molecule has 0 radical (unpaired) electrons. The number of pyridine rings is 1. The zero-order valence-electron chi connectivity index (χ0n) is 11.9. The Morgan fingerprint density at radius 2 is 1.62 bits per heavy atom. The topological polar surface area (TPSA) is 38.9 Å². The Labute approximate surface area is 124 Å². The molecule has 0 bridgehead atoms. The van der Waals surface area contributed by atoms with Crippen molar-refractivity contribution in [1.82, 2.24) is 4.98 Å². The molecule has 2 aromatic carbocycles. The van der Waals surface area contributed by atoms with Gasteiger partial charge in [-0.2, -0.15) is 0 Å². The van der Waals surface area contributed by atoms with E-state index in [4.69, 9.17) is 5.73 Å². The van der Waals surface area contributed by atoms with Crippen molar-refractivity contribution in [3.8, 4) is 22.3 Å². The van der Waals surface area contributed by atoms with Crippen LogP contribution in [0.3, 0.4) is 0 Å². The largest absolute Gasteiger partial charge is 0.384 e. The summed E-state index contributed by atoms with van der Waals surface area (Å²) < 4.78 is 0. The summed E-state index contributed by atoms with van der Waals surface area (Å²) >= 11 is 0. The first kappa shape index (κ1) is 12.2. The molecule has 0 spiro atoms. The molecule has 0 fully saturated rings. The predicted molar refractivity (Wildman–Crippen MR) is 87.0 cm³/mol. The van der Waals surface area contributed by atoms with E-state index in [2.05, 4.69) is 54.4 Å². The van der Waals surface area contributed by atoms with Gasteiger partial charge in [0.1, 0.15) is 5.82 Å². The standard InChI is InChI=1S/C19H16N2/c1-12-14-5-2-3-6-17(14)19-15(12)7-4-8-16(19)13-9-10-18(20)21-11-13/h2-12H,1H3,(H2,20,21). The summed E-state index contributed by atoms with van der Waals surface area (Å²) in [7, 11) is 0. The summed E-state index contributed by atoms with van der Waals surface area (Å²) in [6.07, 6.45) is 1.86. The number of aromatic nitrogens is 1. The van der Waals surface area contributed by atoms with Gasteiger partial charge in [0.2, 0.25) is 0 Å². The van der Waals surface area contributed by atoms with Gasteiger partial charge in [-0.15, -0.1) is 0 Å². The van der Waals surface area contributed by atoms with Crippen molar-refractivity contribution in [2.75, 3.05) is 5.73 Å². The average Bonchev–Trinajstić information content (AvgIpc) is 2.82. The summed E-state index contributed by atoms with van der Waals surface area (Å²) in [6.45, 7) is 2.27. The zero-order valence-corrected chi connectivity index (χ0v) is 11.9. The van der Waals surface area contributed by atoms with Crippen molar-refractivity contribution in [1.29, 1.82) is 0 Å². The lowest BCUT2D eigenvalue weighted by atomic mass is 9.94. The lowest BCUT2D eigenvalue weighted by Crippen LogP contribution is -1.91. The van der Waals surface area contributed by atoms with E-state index in [1.54, 1.807) is 0 Å². The van der Waals surface area contributed by atoms with Crippen molar-refractivity contribution in [3.63, 3.8) is 0 Å².